The molecule has 28 heavy (non-hydrogen) atoms. The van der Waals surface area contributed by atoms with Gasteiger partial charge in [0, 0.05) is 37.3 Å². The van der Waals surface area contributed by atoms with Gasteiger partial charge in [0.1, 0.15) is 0 Å². The van der Waals surface area contributed by atoms with Crippen LogP contribution in [0.3, 0.4) is 0 Å². The highest BCUT2D eigenvalue weighted by molar-refractivity contribution is 5.89. The summed E-state index contributed by atoms with van der Waals surface area (Å²) < 4.78 is 9.84. The van der Waals surface area contributed by atoms with E-state index in [9.17, 15) is 9.59 Å². The lowest BCUT2D eigenvalue weighted by Gasteiger charge is -2.05. The van der Waals surface area contributed by atoms with E-state index in [4.69, 9.17) is 4.52 Å². The molecule has 8 nitrogen and oxygen atoms in total. The van der Waals surface area contributed by atoms with Crippen LogP contribution in [0.2, 0.25) is 0 Å². The highest BCUT2D eigenvalue weighted by atomic mass is 16.5. The Hall–Kier alpha value is -3.55. The van der Waals surface area contributed by atoms with E-state index in [2.05, 4.69) is 25.2 Å². The average Bonchev–Trinajstić information content (AvgIpc) is 3.22. The molecule has 0 spiro atoms. The summed E-state index contributed by atoms with van der Waals surface area (Å²) >= 11 is 0. The minimum absolute atomic E-state index is 0.0905. The van der Waals surface area contributed by atoms with Gasteiger partial charge in [0.15, 0.2) is 0 Å². The molecule has 0 radical (unpaired) electrons. The highest BCUT2D eigenvalue weighted by Crippen LogP contribution is 2.14. The van der Waals surface area contributed by atoms with E-state index in [-0.39, 0.29) is 18.3 Å². The molecular weight excluding hydrogens is 360 g/mol. The van der Waals surface area contributed by atoms with Crippen LogP contribution in [0.1, 0.15) is 28.2 Å². The lowest BCUT2D eigenvalue weighted by atomic mass is 10.1. The molecule has 0 aliphatic heterocycles. The third-order valence-electron chi connectivity index (χ3n) is 4.06. The molecule has 0 bridgehead atoms. The van der Waals surface area contributed by atoms with Crippen molar-refractivity contribution in [3.8, 4) is 11.4 Å². The number of methoxy groups -OCH3 is 1. The Morgan fingerprint density at radius 2 is 1.96 bits per heavy atom. The van der Waals surface area contributed by atoms with Crippen molar-refractivity contribution in [2.75, 3.05) is 13.7 Å². The van der Waals surface area contributed by atoms with Gasteiger partial charge in [0.05, 0.1) is 12.7 Å². The van der Waals surface area contributed by atoms with Crippen LogP contribution in [0.4, 0.5) is 0 Å². The number of esters is 1. The number of rotatable bonds is 8. The number of hydrogen-bond donors (Lipinski definition) is 1. The maximum Gasteiger partial charge on any atom is 0.337 e. The number of hydrogen-bond acceptors (Lipinski definition) is 7. The summed E-state index contributed by atoms with van der Waals surface area (Å²) in [5.41, 5.74) is 2.28. The molecular formula is C20H20N4O4. The molecule has 1 amide bonds. The molecule has 2 aromatic heterocycles. The van der Waals surface area contributed by atoms with E-state index < -0.39 is 0 Å². The summed E-state index contributed by atoms with van der Waals surface area (Å²) in [7, 11) is 1.35. The molecule has 0 saturated heterocycles. The summed E-state index contributed by atoms with van der Waals surface area (Å²) in [6.45, 7) is 0.501. The summed E-state index contributed by atoms with van der Waals surface area (Å²) in [6, 6.07) is 10.7. The molecule has 0 saturated carbocycles. The number of carbonyl (C=O) groups excluding carboxylic acids is 2. The Balaban J connectivity index is 1.40. The van der Waals surface area contributed by atoms with Crippen molar-refractivity contribution in [3.63, 3.8) is 0 Å². The molecule has 0 unspecified atom stereocenters. The first-order valence-corrected chi connectivity index (χ1v) is 8.82. The number of aromatic nitrogens is 3. The Morgan fingerprint density at radius 1 is 1.14 bits per heavy atom. The maximum atomic E-state index is 12.0. The second-order valence-electron chi connectivity index (χ2n) is 6.04. The Labute approximate surface area is 161 Å². The van der Waals surface area contributed by atoms with Crippen molar-refractivity contribution in [2.24, 2.45) is 0 Å². The summed E-state index contributed by atoms with van der Waals surface area (Å²) in [5.74, 6) is 0.409. The van der Waals surface area contributed by atoms with Gasteiger partial charge in [-0.15, -0.1) is 0 Å². The fourth-order valence-corrected chi connectivity index (χ4v) is 2.55. The van der Waals surface area contributed by atoms with Crippen LogP contribution in [-0.2, 0) is 22.4 Å². The fraction of sp³-hybridized carbons (Fsp3) is 0.250. The average molecular weight is 380 g/mol. The number of amides is 1. The molecule has 0 aliphatic rings. The van der Waals surface area contributed by atoms with Crippen molar-refractivity contribution in [1.82, 2.24) is 20.4 Å². The number of carbonyl (C=O) groups is 2. The van der Waals surface area contributed by atoms with E-state index in [0.29, 0.717) is 36.7 Å². The molecule has 3 rings (SSSR count). The summed E-state index contributed by atoms with van der Waals surface area (Å²) in [4.78, 5) is 31.7. The first-order chi connectivity index (χ1) is 13.7. The molecule has 0 atom stereocenters. The van der Waals surface area contributed by atoms with Gasteiger partial charge in [-0.05, 0) is 36.2 Å². The third kappa shape index (κ3) is 5.23. The van der Waals surface area contributed by atoms with Crippen molar-refractivity contribution >= 4 is 11.9 Å². The Morgan fingerprint density at radius 3 is 2.68 bits per heavy atom. The van der Waals surface area contributed by atoms with Crippen molar-refractivity contribution in [2.45, 2.75) is 19.3 Å². The van der Waals surface area contributed by atoms with E-state index >= 15 is 0 Å². The Bertz CT molecular complexity index is 923. The number of ether oxygens (including phenoxy) is 1. The van der Waals surface area contributed by atoms with Gasteiger partial charge < -0.3 is 14.6 Å². The number of nitrogens with one attached hydrogen (secondary N) is 1. The van der Waals surface area contributed by atoms with Crippen LogP contribution >= 0.6 is 0 Å². The van der Waals surface area contributed by atoms with Gasteiger partial charge in [-0.3, -0.25) is 9.78 Å². The van der Waals surface area contributed by atoms with Gasteiger partial charge in [-0.2, -0.15) is 4.98 Å². The number of pyridine rings is 1. The predicted octanol–water partition coefficient (Wildman–Crippen LogP) is 2.21. The van der Waals surface area contributed by atoms with Gasteiger partial charge in [0.2, 0.25) is 17.6 Å². The highest BCUT2D eigenvalue weighted by Gasteiger charge is 2.11. The first-order valence-electron chi connectivity index (χ1n) is 8.82. The van der Waals surface area contributed by atoms with Crippen LogP contribution in [0.15, 0.2) is 53.3 Å². The number of aryl methyl sites for hydroxylation is 1. The number of nitrogens with zero attached hydrogens (tertiary/aromatic N) is 3. The Kier molecular flexibility index (Phi) is 6.46. The summed E-state index contributed by atoms with van der Waals surface area (Å²) in [6.07, 6.45) is 4.61. The normalized spacial score (nSPS) is 10.5. The standard InChI is InChI=1S/C20H20N4O4/c1-27-20(26)15-6-4-14(5-7-15)10-12-22-17(25)8-9-18-23-19(24-28-18)16-3-2-11-21-13-16/h2-7,11,13H,8-10,12H2,1H3,(H,22,25). The largest absolute Gasteiger partial charge is 0.465 e. The SMILES string of the molecule is COC(=O)c1ccc(CCNC(=O)CCc2nc(-c3cccnc3)no2)cc1. The van der Waals surface area contributed by atoms with Crippen LogP contribution in [0.5, 0.6) is 0 Å². The lowest BCUT2D eigenvalue weighted by molar-refractivity contribution is -0.121. The smallest absolute Gasteiger partial charge is 0.337 e. The van der Waals surface area contributed by atoms with Crippen molar-refractivity contribution < 1.29 is 18.8 Å². The second kappa shape index (κ2) is 9.40. The van der Waals surface area contributed by atoms with Gasteiger partial charge >= 0.3 is 5.97 Å². The zero-order valence-corrected chi connectivity index (χ0v) is 15.4. The zero-order valence-electron chi connectivity index (χ0n) is 15.4. The maximum absolute atomic E-state index is 12.0. The molecule has 8 heteroatoms. The van der Waals surface area contributed by atoms with Crippen LogP contribution in [0.25, 0.3) is 11.4 Å². The predicted molar refractivity (Wildman–Crippen MR) is 100 cm³/mol. The van der Waals surface area contributed by atoms with E-state index in [0.717, 1.165) is 11.1 Å². The van der Waals surface area contributed by atoms with Crippen molar-refractivity contribution in [3.05, 3.63) is 65.8 Å². The number of benzene rings is 1. The topological polar surface area (TPSA) is 107 Å². The fourth-order valence-electron chi connectivity index (χ4n) is 2.55. The third-order valence-corrected chi connectivity index (χ3v) is 4.06. The molecule has 1 aromatic carbocycles. The van der Waals surface area contributed by atoms with E-state index in [1.54, 1.807) is 30.6 Å². The monoisotopic (exact) mass is 380 g/mol. The van der Waals surface area contributed by atoms with Gasteiger partial charge in [-0.1, -0.05) is 17.3 Å². The molecule has 2 heterocycles. The minimum atomic E-state index is -0.368. The molecule has 0 aliphatic carbocycles. The first kappa shape index (κ1) is 19.2. The molecule has 0 fully saturated rings. The molecule has 1 N–H and O–H groups in total. The van der Waals surface area contributed by atoms with Crippen LogP contribution in [0, 0.1) is 0 Å². The summed E-state index contributed by atoms with van der Waals surface area (Å²) in [5, 5.41) is 6.76. The molecule has 144 valence electrons. The zero-order chi connectivity index (χ0) is 19.8. The molecule has 3 aromatic rings. The van der Waals surface area contributed by atoms with Gasteiger partial charge in [-0.25, -0.2) is 4.79 Å². The van der Waals surface area contributed by atoms with Crippen LogP contribution < -0.4 is 5.32 Å². The van der Waals surface area contributed by atoms with Crippen molar-refractivity contribution in [1.29, 1.82) is 0 Å². The quantitative estimate of drug-likeness (QED) is 0.597. The minimum Gasteiger partial charge on any atom is -0.465 e. The second-order valence-corrected chi connectivity index (χ2v) is 6.04. The van der Waals surface area contributed by atoms with E-state index in [1.807, 2.05) is 18.2 Å². The lowest BCUT2D eigenvalue weighted by Crippen LogP contribution is -2.25. The van der Waals surface area contributed by atoms with E-state index in [1.165, 1.54) is 7.11 Å². The van der Waals surface area contributed by atoms with Gasteiger partial charge in [0.25, 0.3) is 0 Å². The van der Waals surface area contributed by atoms with Crippen LogP contribution in [-0.4, -0.2) is 40.7 Å².